The fourth-order valence-corrected chi connectivity index (χ4v) is 4.37. The first-order chi connectivity index (χ1) is 16.1. The highest BCUT2D eigenvalue weighted by atomic mass is 32.1. The van der Waals surface area contributed by atoms with Crippen molar-refractivity contribution in [3.05, 3.63) is 58.9 Å². The first-order valence-electron chi connectivity index (χ1n) is 10.2. The molecule has 0 unspecified atom stereocenters. The van der Waals surface area contributed by atoms with Gasteiger partial charge in [-0.3, -0.25) is 4.79 Å². The normalized spacial score (nSPS) is 14.8. The number of halogens is 3. The van der Waals surface area contributed by atoms with Crippen LogP contribution in [0.25, 0.3) is 0 Å². The molecule has 2 N–H and O–H groups in total. The van der Waals surface area contributed by atoms with Crippen LogP contribution in [0.4, 0.5) is 29.9 Å². The van der Waals surface area contributed by atoms with Crippen molar-refractivity contribution < 1.29 is 18.0 Å². The number of amides is 1. The summed E-state index contributed by atoms with van der Waals surface area (Å²) in [5, 5.41) is 16.0. The van der Waals surface area contributed by atoms with E-state index in [0.717, 1.165) is 28.4 Å². The molecular weight excluding hydrogens is 467 g/mol. The lowest BCUT2D eigenvalue weighted by molar-refractivity contribution is -0.137. The van der Waals surface area contributed by atoms with Crippen molar-refractivity contribution in [2.75, 3.05) is 23.3 Å². The molecule has 12 heteroatoms. The van der Waals surface area contributed by atoms with Crippen LogP contribution in [-0.4, -0.2) is 38.9 Å². The quantitative estimate of drug-likeness (QED) is 0.536. The maximum atomic E-state index is 13.0. The van der Waals surface area contributed by atoms with Crippen molar-refractivity contribution in [2.45, 2.75) is 32.0 Å². The highest BCUT2D eigenvalue weighted by Gasteiger charge is 2.45. The van der Waals surface area contributed by atoms with Gasteiger partial charge in [0.25, 0.3) is 5.91 Å². The summed E-state index contributed by atoms with van der Waals surface area (Å²) >= 11 is 1.29. The SMILES string of the molecule is Cc1cc(Nc2ncc(C)c(N3CC(CC#N)(NC(=O)c4cccc(C(F)(F)F)c4)C3)n2)sn1. The zero-order valence-corrected chi connectivity index (χ0v) is 19.1. The molecule has 176 valence electrons. The number of hydrogen-bond donors (Lipinski definition) is 2. The fourth-order valence-electron chi connectivity index (χ4n) is 3.72. The monoisotopic (exact) mass is 487 g/mol. The molecule has 1 saturated heterocycles. The summed E-state index contributed by atoms with van der Waals surface area (Å²) in [6.45, 7) is 4.29. The molecule has 0 spiro atoms. The Morgan fingerprint density at radius 2 is 2.06 bits per heavy atom. The molecule has 0 atom stereocenters. The Morgan fingerprint density at radius 3 is 2.71 bits per heavy atom. The average molecular weight is 488 g/mol. The zero-order chi connectivity index (χ0) is 24.5. The lowest BCUT2D eigenvalue weighted by Gasteiger charge is -2.50. The van der Waals surface area contributed by atoms with Gasteiger partial charge in [-0.15, -0.1) is 0 Å². The van der Waals surface area contributed by atoms with Gasteiger partial charge >= 0.3 is 6.18 Å². The molecule has 0 aliphatic carbocycles. The molecular formula is C22H20F3N7OS. The van der Waals surface area contributed by atoms with Crippen LogP contribution in [-0.2, 0) is 6.18 Å². The number of carbonyl (C=O) groups is 1. The molecule has 0 saturated carbocycles. The fraction of sp³-hybridized carbons (Fsp3) is 0.318. The molecule has 1 aliphatic heterocycles. The molecule has 3 heterocycles. The van der Waals surface area contributed by atoms with E-state index in [4.69, 9.17) is 0 Å². The second-order valence-electron chi connectivity index (χ2n) is 8.16. The van der Waals surface area contributed by atoms with Crippen LogP contribution in [0.3, 0.4) is 0 Å². The maximum absolute atomic E-state index is 13.0. The van der Waals surface area contributed by atoms with Crippen molar-refractivity contribution in [2.24, 2.45) is 0 Å². The number of carbonyl (C=O) groups excluding carboxylic acids is 1. The molecule has 8 nitrogen and oxygen atoms in total. The van der Waals surface area contributed by atoms with E-state index in [9.17, 15) is 23.2 Å². The Labute approximate surface area is 197 Å². The average Bonchev–Trinajstić information content (AvgIpc) is 3.17. The Morgan fingerprint density at radius 1 is 1.29 bits per heavy atom. The van der Waals surface area contributed by atoms with Crippen molar-refractivity contribution in [3.8, 4) is 6.07 Å². The number of alkyl halides is 3. The van der Waals surface area contributed by atoms with E-state index in [1.807, 2.05) is 24.8 Å². The van der Waals surface area contributed by atoms with E-state index >= 15 is 0 Å². The molecule has 3 aromatic rings. The predicted octanol–water partition coefficient (Wildman–Crippen LogP) is 4.21. The van der Waals surface area contributed by atoms with E-state index in [2.05, 4.69) is 31.0 Å². The lowest BCUT2D eigenvalue weighted by Crippen LogP contribution is -2.70. The highest BCUT2D eigenvalue weighted by molar-refractivity contribution is 7.10. The molecule has 4 rings (SSSR count). The predicted molar refractivity (Wildman–Crippen MR) is 121 cm³/mol. The van der Waals surface area contributed by atoms with Crippen molar-refractivity contribution >= 4 is 34.2 Å². The summed E-state index contributed by atoms with van der Waals surface area (Å²) in [4.78, 5) is 23.5. The van der Waals surface area contributed by atoms with Crippen LogP contribution in [0.15, 0.2) is 36.5 Å². The van der Waals surface area contributed by atoms with E-state index in [-0.39, 0.29) is 25.1 Å². The number of aromatic nitrogens is 3. The maximum Gasteiger partial charge on any atom is 0.416 e. The zero-order valence-electron chi connectivity index (χ0n) is 18.3. The smallest absolute Gasteiger partial charge is 0.351 e. The summed E-state index contributed by atoms with van der Waals surface area (Å²) in [6, 6.07) is 8.15. The van der Waals surface area contributed by atoms with Gasteiger partial charge in [0, 0.05) is 30.4 Å². The number of anilines is 3. The van der Waals surface area contributed by atoms with Gasteiger partial charge in [0.15, 0.2) is 0 Å². The minimum absolute atomic E-state index is 0.00355. The number of hydrogen-bond acceptors (Lipinski definition) is 8. The van der Waals surface area contributed by atoms with Gasteiger partial charge in [0.1, 0.15) is 10.8 Å². The third-order valence-corrected chi connectivity index (χ3v) is 6.14. The molecule has 1 fully saturated rings. The van der Waals surface area contributed by atoms with Gasteiger partial charge in [0.2, 0.25) is 5.95 Å². The second kappa shape index (κ2) is 8.90. The number of nitriles is 1. The van der Waals surface area contributed by atoms with E-state index in [1.165, 1.54) is 23.7 Å². The van der Waals surface area contributed by atoms with E-state index < -0.39 is 23.2 Å². The number of nitrogens with zero attached hydrogens (tertiary/aromatic N) is 5. The van der Waals surface area contributed by atoms with Gasteiger partial charge in [-0.05, 0) is 49.6 Å². The Kier molecular flexibility index (Phi) is 6.14. The first kappa shape index (κ1) is 23.4. The van der Waals surface area contributed by atoms with Gasteiger partial charge in [0.05, 0.1) is 29.3 Å². The van der Waals surface area contributed by atoms with E-state index in [0.29, 0.717) is 11.8 Å². The second-order valence-corrected chi connectivity index (χ2v) is 8.97. The third kappa shape index (κ3) is 4.94. The van der Waals surface area contributed by atoms with Crippen molar-refractivity contribution in [3.63, 3.8) is 0 Å². The molecule has 1 aliphatic rings. The molecule has 1 aromatic carbocycles. The summed E-state index contributed by atoms with van der Waals surface area (Å²) in [5.74, 6) is 0.360. The van der Waals surface area contributed by atoms with Crippen LogP contribution >= 0.6 is 11.5 Å². The number of rotatable bonds is 6. The highest BCUT2D eigenvalue weighted by Crippen LogP contribution is 2.33. The molecule has 2 aromatic heterocycles. The lowest BCUT2D eigenvalue weighted by atomic mass is 9.86. The van der Waals surface area contributed by atoms with E-state index in [1.54, 1.807) is 6.20 Å². The Hall–Kier alpha value is -3.72. The first-order valence-corrected chi connectivity index (χ1v) is 11.0. The summed E-state index contributed by atoms with van der Waals surface area (Å²) in [6.07, 6.45) is -2.88. The summed E-state index contributed by atoms with van der Waals surface area (Å²) in [7, 11) is 0. The van der Waals surface area contributed by atoms with Crippen LogP contribution in [0, 0.1) is 25.2 Å². The summed E-state index contributed by atoms with van der Waals surface area (Å²) < 4.78 is 43.2. The standard InChI is InChI=1S/C22H20F3N7OS/c1-13-10-27-20(28-17-8-14(2)31-34-17)29-18(13)32-11-21(12-32,6-7-26)30-19(33)15-4-3-5-16(9-15)22(23,24)25/h3-5,8-10H,6,11-12H2,1-2H3,(H,30,33)(H,27,28,29). The topological polar surface area (TPSA) is 107 Å². The minimum atomic E-state index is -4.55. The Bertz CT molecular complexity index is 1260. The number of benzene rings is 1. The van der Waals surface area contributed by atoms with Crippen molar-refractivity contribution in [1.29, 1.82) is 5.26 Å². The Balaban J connectivity index is 1.49. The number of nitrogens with one attached hydrogen (secondary N) is 2. The minimum Gasteiger partial charge on any atom is -0.351 e. The van der Waals surface area contributed by atoms with Gasteiger partial charge < -0.3 is 15.5 Å². The van der Waals surface area contributed by atoms with Gasteiger partial charge in [-0.1, -0.05) is 6.07 Å². The van der Waals surface area contributed by atoms with Gasteiger partial charge in [-0.2, -0.15) is 27.8 Å². The molecule has 0 radical (unpaired) electrons. The number of aryl methyl sites for hydroxylation is 2. The van der Waals surface area contributed by atoms with Gasteiger partial charge in [-0.25, -0.2) is 4.98 Å². The molecule has 34 heavy (non-hydrogen) atoms. The van der Waals surface area contributed by atoms with Crippen LogP contribution in [0.5, 0.6) is 0 Å². The van der Waals surface area contributed by atoms with Crippen LogP contribution in [0.1, 0.15) is 33.6 Å². The van der Waals surface area contributed by atoms with Crippen molar-refractivity contribution in [1.82, 2.24) is 19.7 Å². The summed E-state index contributed by atoms with van der Waals surface area (Å²) in [5.41, 5.74) is -0.242. The molecule has 1 amide bonds. The van der Waals surface area contributed by atoms with Crippen LogP contribution in [0.2, 0.25) is 0 Å². The third-order valence-electron chi connectivity index (χ3n) is 5.34. The largest absolute Gasteiger partial charge is 0.416 e. The molecule has 0 bridgehead atoms. The van der Waals surface area contributed by atoms with Crippen LogP contribution < -0.4 is 15.5 Å².